The Hall–Kier alpha value is -1.10. The summed E-state index contributed by atoms with van der Waals surface area (Å²) in [5, 5.41) is 11.2. The molecule has 0 saturated carbocycles. The van der Waals surface area contributed by atoms with E-state index in [4.69, 9.17) is 0 Å². The van der Waals surface area contributed by atoms with E-state index < -0.39 is 0 Å². The van der Waals surface area contributed by atoms with E-state index in [2.05, 4.69) is 20.9 Å². The van der Waals surface area contributed by atoms with Crippen molar-refractivity contribution in [2.75, 3.05) is 0 Å². The maximum atomic E-state index is 11.2. The molecule has 5 heteroatoms. The first-order valence-electron chi connectivity index (χ1n) is 3.38. The number of hydrogen-bond acceptors (Lipinski definition) is 2. The van der Waals surface area contributed by atoms with Gasteiger partial charge in [0.25, 0.3) is 0 Å². The number of imidazole rings is 1. The standard InChI is InChI=1S/C7H6BrN3O/c1-10-4-9-7-6(10)2-5(8)3-11(7)12/h2-4H,1H3. The topological polar surface area (TPSA) is 44.8 Å². The van der Waals surface area contributed by atoms with E-state index >= 15 is 0 Å². The van der Waals surface area contributed by atoms with Crippen LogP contribution in [0.1, 0.15) is 0 Å². The molecule has 0 atom stereocenters. The van der Waals surface area contributed by atoms with E-state index in [-0.39, 0.29) is 0 Å². The lowest BCUT2D eigenvalue weighted by Gasteiger charge is -2.01. The van der Waals surface area contributed by atoms with E-state index in [0.717, 1.165) is 14.7 Å². The summed E-state index contributed by atoms with van der Waals surface area (Å²) in [6.45, 7) is 0. The van der Waals surface area contributed by atoms with Crippen LogP contribution in [0.15, 0.2) is 23.1 Å². The second-order valence-electron chi connectivity index (χ2n) is 2.55. The van der Waals surface area contributed by atoms with Crippen molar-refractivity contribution in [3.05, 3.63) is 28.3 Å². The molecule has 0 aliphatic rings. The van der Waals surface area contributed by atoms with Gasteiger partial charge in [-0.05, 0) is 27.0 Å². The molecule has 2 rings (SSSR count). The third-order valence-electron chi connectivity index (χ3n) is 1.69. The van der Waals surface area contributed by atoms with Crippen LogP contribution in [0.3, 0.4) is 0 Å². The minimum Gasteiger partial charge on any atom is -0.710 e. The Bertz CT molecular complexity index is 437. The predicted molar refractivity (Wildman–Crippen MR) is 47.4 cm³/mol. The summed E-state index contributed by atoms with van der Waals surface area (Å²) < 4.78 is 3.31. The summed E-state index contributed by atoms with van der Waals surface area (Å²) in [5.74, 6) is 0. The molecule has 12 heavy (non-hydrogen) atoms. The largest absolute Gasteiger partial charge is 0.710 e. The Kier molecular flexibility index (Phi) is 1.54. The Labute approximate surface area is 77.2 Å². The molecular weight excluding hydrogens is 222 g/mol. The van der Waals surface area contributed by atoms with Gasteiger partial charge >= 0.3 is 5.65 Å². The third-order valence-corrected chi connectivity index (χ3v) is 2.12. The average Bonchev–Trinajstić information content (AvgIpc) is 2.33. The fourth-order valence-corrected chi connectivity index (χ4v) is 1.51. The second kappa shape index (κ2) is 2.45. The highest BCUT2D eigenvalue weighted by atomic mass is 79.9. The summed E-state index contributed by atoms with van der Waals surface area (Å²) in [5.41, 5.74) is 1.26. The Morgan fingerprint density at radius 3 is 3.17 bits per heavy atom. The Balaban J connectivity index is 2.92. The molecule has 0 aliphatic carbocycles. The number of halogens is 1. The summed E-state index contributed by atoms with van der Waals surface area (Å²) in [6.07, 6.45) is 3.06. The van der Waals surface area contributed by atoms with Gasteiger partial charge < -0.3 is 9.77 Å². The number of aromatic nitrogens is 3. The molecule has 0 unspecified atom stereocenters. The van der Waals surface area contributed by atoms with Crippen molar-refractivity contribution < 1.29 is 4.73 Å². The van der Waals surface area contributed by atoms with Crippen LogP contribution in [0.2, 0.25) is 0 Å². The molecule has 0 radical (unpaired) electrons. The van der Waals surface area contributed by atoms with Gasteiger partial charge in [-0.15, -0.1) is 0 Å². The second-order valence-corrected chi connectivity index (χ2v) is 3.46. The molecule has 0 fully saturated rings. The lowest BCUT2D eigenvalue weighted by Crippen LogP contribution is -2.26. The van der Waals surface area contributed by atoms with E-state index in [0.29, 0.717) is 5.65 Å². The van der Waals surface area contributed by atoms with Crippen LogP contribution in [-0.2, 0) is 7.05 Å². The molecular formula is C7H6BrN3O. The molecule has 2 aromatic rings. The lowest BCUT2D eigenvalue weighted by molar-refractivity contribution is -0.579. The van der Waals surface area contributed by atoms with E-state index in [1.807, 2.05) is 13.1 Å². The first kappa shape index (κ1) is 7.54. The zero-order valence-electron chi connectivity index (χ0n) is 6.36. The SMILES string of the molecule is Cn1cnc2c1cc(Br)c[n+]2[O-]. The van der Waals surface area contributed by atoms with Gasteiger partial charge in [0.1, 0.15) is 11.7 Å². The number of hydrogen-bond donors (Lipinski definition) is 0. The van der Waals surface area contributed by atoms with Crippen molar-refractivity contribution in [2.24, 2.45) is 7.05 Å². The molecule has 0 N–H and O–H groups in total. The lowest BCUT2D eigenvalue weighted by atomic mass is 10.4. The number of aryl methyl sites for hydroxylation is 1. The molecule has 62 valence electrons. The zero-order valence-corrected chi connectivity index (χ0v) is 7.95. The zero-order chi connectivity index (χ0) is 8.72. The van der Waals surface area contributed by atoms with Crippen molar-refractivity contribution in [1.29, 1.82) is 0 Å². The smallest absolute Gasteiger partial charge is 0.351 e. The van der Waals surface area contributed by atoms with Crippen molar-refractivity contribution in [1.82, 2.24) is 9.55 Å². The van der Waals surface area contributed by atoms with Crippen molar-refractivity contribution in [2.45, 2.75) is 0 Å². The third kappa shape index (κ3) is 0.972. The van der Waals surface area contributed by atoms with Gasteiger partial charge in [0.2, 0.25) is 6.33 Å². The summed E-state index contributed by atoms with van der Waals surface area (Å²) in [4.78, 5) is 3.95. The van der Waals surface area contributed by atoms with E-state index in [9.17, 15) is 5.21 Å². The monoisotopic (exact) mass is 227 g/mol. The van der Waals surface area contributed by atoms with Crippen LogP contribution in [0, 0.1) is 5.21 Å². The van der Waals surface area contributed by atoms with Crippen molar-refractivity contribution in [3.8, 4) is 0 Å². The van der Waals surface area contributed by atoms with Crippen LogP contribution in [0.25, 0.3) is 11.2 Å². The molecule has 0 aliphatic heterocycles. The number of rotatable bonds is 0. The quantitative estimate of drug-likeness (QED) is 0.498. The van der Waals surface area contributed by atoms with Crippen LogP contribution in [-0.4, -0.2) is 9.55 Å². The van der Waals surface area contributed by atoms with Gasteiger partial charge in [-0.25, -0.2) is 4.73 Å². The average molecular weight is 228 g/mol. The number of pyridine rings is 1. The van der Waals surface area contributed by atoms with Crippen molar-refractivity contribution in [3.63, 3.8) is 0 Å². The fraction of sp³-hybridized carbons (Fsp3) is 0.143. The van der Waals surface area contributed by atoms with Gasteiger partial charge in [-0.3, -0.25) is 0 Å². The van der Waals surface area contributed by atoms with Gasteiger partial charge in [-0.2, -0.15) is 0 Å². The van der Waals surface area contributed by atoms with Crippen LogP contribution in [0.4, 0.5) is 0 Å². The van der Waals surface area contributed by atoms with E-state index in [1.54, 1.807) is 10.9 Å². The molecule has 4 nitrogen and oxygen atoms in total. The summed E-state index contributed by atoms with van der Waals surface area (Å²) >= 11 is 3.24. The maximum absolute atomic E-state index is 11.2. The molecule has 0 bridgehead atoms. The molecule has 0 spiro atoms. The number of fused-ring (bicyclic) bond motifs is 1. The Morgan fingerprint density at radius 2 is 2.42 bits per heavy atom. The predicted octanol–water partition coefficient (Wildman–Crippen LogP) is 0.969. The molecule has 0 amide bonds. The molecule has 2 aromatic heterocycles. The Morgan fingerprint density at radius 1 is 1.67 bits per heavy atom. The van der Waals surface area contributed by atoms with E-state index in [1.165, 1.54) is 6.20 Å². The van der Waals surface area contributed by atoms with Gasteiger partial charge in [0.05, 0.1) is 4.47 Å². The molecule has 2 heterocycles. The minimum atomic E-state index is 0.445. The first-order valence-corrected chi connectivity index (χ1v) is 4.17. The van der Waals surface area contributed by atoms with Gasteiger partial charge in [-0.1, -0.05) is 0 Å². The first-order chi connectivity index (χ1) is 5.68. The van der Waals surface area contributed by atoms with Crippen molar-refractivity contribution >= 4 is 27.1 Å². The van der Waals surface area contributed by atoms with Crippen LogP contribution in [0.5, 0.6) is 0 Å². The van der Waals surface area contributed by atoms with Gasteiger partial charge in [0, 0.05) is 7.05 Å². The van der Waals surface area contributed by atoms with Gasteiger partial charge in [0.15, 0.2) is 0 Å². The molecule has 0 saturated heterocycles. The summed E-state index contributed by atoms with van der Waals surface area (Å²) in [7, 11) is 1.85. The normalized spacial score (nSPS) is 10.8. The van der Waals surface area contributed by atoms with Crippen LogP contribution >= 0.6 is 15.9 Å². The van der Waals surface area contributed by atoms with Crippen LogP contribution < -0.4 is 4.73 Å². The minimum absolute atomic E-state index is 0.445. The fourth-order valence-electron chi connectivity index (χ4n) is 1.10. The maximum Gasteiger partial charge on any atom is 0.351 e. The summed E-state index contributed by atoms with van der Waals surface area (Å²) in [6, 6.07) is 1.86. The highest BCUT2D eigenvalue weighted by Crippen LogP contribution is 2.13. The molecule has 0 aromatic carbocycles. The highest BCUT2D eigenvalue weighted by Gasteiger charge is 2.09. The number of nitrogens with zero attached hydrogens (tertiary/aromatic N) is 3. The highest BCUT2D eigenvalue weighted by molar-refractivity contribution is 9.10.